The summed E-state index contributed by atoms with van der Waals surface area (Å²) in [6, 6.07) is 1.62. The zero-order chi connectivity index (χ0) is 12.6. The van der Waals surface area contributed by atoms with Crippen LogP contribution in [0.25, 0.3) is 0 Å². The molecular formula is C13H28NO2Si. The number of rotatable bonds is 8. The molecule has 4 heteroatoms. The Morgan fingerprint density at radius 2 is 1.71 bits per heavy atom. The Labute approximate surface area is 108 Å². The second-order valence-electron chi connectivity index (χ2n) is 4.91. The third-order valence-corrected chi connectivity index (χ3v) is 6.08. The first-order chi connectivity index (χ1) is 8.20. The molecule has 1 N–H and O–H groups in total. The summed E-state index contributed by atoms with van der Waals surface area (Å²) >= 11 is 0. The average molecular weight is 258 g/mol. The summed E-state index contributed by atoms with van der Waals surface area (Å²) in [6.45, 7) is 9.92. The monoisotopic (exact) mass is 258 g/mol. The molecule has 1 rings (SSSR count). The number of hydrogen-bond donors (Lipinski definition) is 1. The van der Waals surface area contributed by atoms with Gasteiger partial charge in [0.1, 0.15) is 0 Å². The fourth-order valence-corrected chi connectivity index (χ4v) is 4.48. The molecule has 0 aromatic heterocycles. The van der Waals surface area contributed by atoms with Gasteiger partial charge in [-0.25, -0.2) is 0 Å². The molecule has 0 bridgehead atoms. The number of nitrogens with one attached hydrogen (secondary N) is 1. The summed E-state index contributed by atoms with van der Waals surface area (Å²) < 4.78 is 11.6. The molecule has 0 spiro atoms. The van der Waals surface area contributed by atoms with Gasteiger partial charge >= 0.3 is 8.56 Å². The Hall–Kier alpha value is 0.0969. The van der Waals surface area contributed by atoms with Crippen LogP contribution < -0.4 is 5.32 Å². The predicted molar refractivity (Wildman–Crippen MR) is 74.0 cm³/mol. The summed E-state index contributed by atoms with van der Waals surface area (Å²) in [4.78, 5) is 0. The van der Waals surface area contributed by atoms with Crippen LogP contribution in [0.15, 0.2) is 0 Å². The minimum atomic E-state index is -1.95. The highest BCUT2D eigenvalue weighted by Crippen LogP contribution is 2.19. The van der Waals surface area contributed by atoms with Crippen molar-refractivity contribution >= 4 is 8.56 Å². The Balaban J connectivity index is 2.21. The van der Waals surface area contributed by atoms with E-state index in [0.29, 0.717) is 6.04 Å². The van der Waals surface area contributed by atoms with E-state index in [1.54, 1.807) is 0 Å². The topological polar surface area (TPSA) is 30.5 Å². The fourth-order valence-electron chi connectivity index (χ4n) is 2.45. The summed E-state index contributed by atoms with van der Waals surface area (Å²) in [7, 11) is -1.95. The average Bonchev–Trinajstić information content (AvgIpc) is 2.31. The van der Waals surface area contributed by atoms with Crippen molar-refractivity contribution in [1.29, 1.82) is 0 Å². The second-order valence-corrected chi connectivity index (χ2v) is 8.16. The molecule has 0 atom stereocenters. The molecular weight excluding hydrogens is 230 g/mol. The lowest BCUT2D eigenvalue weighted by atomic mass is 9.96. The van der Waals surface area contributed by atoms with E-state index in [2.05, 4.69) is 18.4 Å². The van der Waals surface area contributed by atoms with E-state index in [1.807, 2.05) is 13.8 Å². The minimum Gasteiger partial charge on any atom is -0.395 e. The number of hydrogen-bond acceptors (Lipinski definition) is 3. The lowest BCUT2D eigenvalue weighted by Gasteiger charge is -2.28. The molecule has 1 aliphatic rings. The van der Waals surface area contributed by atoms with Gasteiger partial charge in [0.25, 0.3) is 0 Å². The van der Waals surface area contributed by atoms with Crippen molar-refractivity contribution in [2.45, 2.75) is 64.6 Å². The maximum Gasteiger partial charge on any atom is 0.336 e. The van der Waals surface area contributed by atoms with Crippen LogP contribution in [-0.4, -0.2) is 27.8 Å². The smallest absolute Gasteiger partial charge is 0.336 e. The normalized spacial score (nSPS) is 18.5. The molecule has 0 aromatic rings. The first-order valence-corrected chi connectivity index (χ1v) is 9.58. The lowest BCUT2D eigenvalue weighted by Crippen LogP contribution is -2.41. The molecule has 17 heavy (non-hydrogen) atoms. The van der Waals surface area contributed by atoms with Crippen molar-refractivity contribution in [3.8, 4) is 0 Å². The molecule has 0 aliphatic heterocycles. The zero-order valence-corrected chi connectivity index (χ0v) is 12.6. The van der Waals surface area contributed by atoms with E-state index in [1.165, 1.54) is 32.1 Å². The molecule has 0 unspecified atom stereocenters. The van der Waals surface area contributed by atoms with Crippen molar-refractivity contribution in [3.63, 3.8) is 0 Å². The van der Waals surface area contributed by atoms with Gasteiger partial charge in [0.2, 0.25) is 0 Å². The van der Waals surface area contributed by atoms with E-state index < -0.39 is 8.56 Å². The van der Waals surface area contributed by atoms with Gasteiger partial charge in [-0.05, 0) is 33.2 Å². The van der Waals surface area contributed by atoms with Crippen LogP contribution in [0.2, 0.25) is 12.6 Å². The van der Waals surface area contributed by atoms with E-state index in [4.69, 9.17) is 8.85 Å². The van der Waals surface area contributed by atoms with Crippen molar-refractivity contribution in [1.82, 2.24) is 5.32 Å². The standard InChI is InChI=1S/C13H28NO2Si/c1-4-15-17(3,16-5-2)12-11-14-13-9-7-6-8-10-13/h11,13-14H,4-10,12H2,1-3H3. The van der Waals surface area contributed by atoms with Gasteiger partial charge in [-0.1, -0.05) is 19.3 Å². The Kier molecular flexibility index (Phi) is 7.35. The van der Waals surface area contributed by atoms with Gasteiger partial charge in [-0.3, -0.25) is 0 Å². The van der Waals surface area contributed by atoms with Crippen molar-refractivity contribution < 1.29 is 8.85 Å². The van der Waals surface area contributed by atoms with Gasteiger partial charge in [0.05, 0.1) is 0 Å². The molecule has 3 nitrogen and oxygen atoms in total. The van der Waals surface area contributed by atoms with Crippen molar-refractivity contribution in [2.75, 3.05) is 13.2 Å². The van der Waals surface area contributed by atoms with Crippen LogP contribution in [0.4, 0.5) is 0 Å². The molecule has 101 valence electrons. The highest BCUT2D eigenvalue weighted by molar-refractivity contribution is 6.66. The Morgan fingerprint density at radius 1 is 1.12 bits per heavy atom. The molecule has 1 radical (unpaired) electrons. The predicted octanol–water partition coefficient (Wildman–Crippen LogP) is 3.22. The first kappa shape index (κ1) is 15.2. The van der Waals surface area contributed by atoms with E-state index in [-0.39, 0.29) is 0 Å². The third-order valence-electron chi connectivity index (χ3n) is 3.33. The summed E-state index contributed by atoms with van der Waals surface area (Å²) in [5.74, 6) is 0. The van der Waals surface area contributed by atoms with E-state index >= 15 is 0 Å². The summed E-state index contributed by atoms with van der Waals surface area (Å²) in [5, 5.41) is 3.54. The zero-order valence-electron chi connectivity index (χ0n) is 11.6. The maximum absolute atomic E-state index is 5.80. The fraction of sp³-hybridized carbons (Fsp3) is 0.923. The van der Waals surface area contributed by atoms with Crippen molar-refractivity contribution in [3.05, 3.63) is 6.54 Å². The summed E-state index contributed by atoms with van der Waals surface area (Å²) in [5.41, 5.74) is 0. The van der Waals surface area contributed by atoms with Gasteiger partial charge in [0.15, 0.2) is 0 Å². The lowest BCUT2D eigenvalue weighted by molar-refractivity contribution is 0.190. The van der Waals surface area contributed by atoms with Gasteiger partial charge < -0.3 is 14.2 Å². The second kappa shape index (κ2) is 8.24. The van der Waals surface area contributed by atoms with Gasteiger partial charge in [-0.15, -0.1) is 0 Å². The van der Waals surface area contributed by atoms with Crippen LogP contribution in [0, 0.1) is 6.54 Å². The quantitative estimate of drug-likeness (QED) is 0.678. The van der Waals surface area contributed by atoms with Crippen LogP contribution in [0.5, 0.6) is 0 Å². The Morgan fingerprint density at radius 3 is 2.24 bits per heavy atom. The third kappa shape index (κ3) is 6.00. The molecule has 0 saturated heterocycles. The van der Waals surface area contributed by atoms with Crippen LogP contribution in [0.1, 0.15) is 46.0 Å². The molecule has 0 aromatic carbocycles. The van der Waals surface area contributed by atoms with Gasteiger partial charge in [-0.2, -0.15) is 0 Å². The molecule has 1 aliphatic carbocycles. The summed E-state index contributed by atoms with van der Waals surface area (Å²) in [6.07, 6.45) is 6.78. The van der Waals surface area contributed by atoms with Crippen LogP contribution >= 0.6 is 0 Å². The first-order valence-electron chi connectivity index (χ1n) is 7.06. The highest BCUT2D eigenvalue weighted by atomic mass is 28.4. The molecule has 1 saturated carbocycles. The van der Waals surface area contributed by atoms with Gasteiger partial charge in [0, 0.05) is 31.8 Å². The van der Waals surface area contributed by atoms with E-state index in [9.17, 15) is 0 Å². The van der Waals surface area contributed by atoms with Crippen LogP contribution in [0.3, 0.4) is 0 Å². The largest absolute Gasteiger partial charge is 0.395 e. The SMILES string of the molecule is CCO[Si](C)(C[CH]NC1CCCCC1)OCC. The minimum absolute atomic E-state index is 0.685. The maximum atomic E-state index is 5.80. The van der Waals surface area contributed by atoms with E-state index in [0.717, 1.165) is 19.3 Å². The molecule has 0 amide bonds. The van der Waals surface area contributed by atoms with Crippen LogP contribution in [-0.2, 0) is 8.85 Å². The highest BCUT2D eigenvalue weighted by Gasteiger charge is 2.30. The van der Waals surface area contributed by atoms with Crippen molar-refractivity contribution in [2.24, 2.45) is 0 Å². The molecule has 1 fully saturated rings. The Bertz CT molecular complexity index is 190. The molecule has 0 heterocycles.